The van der Waals surface area contributed by atoms with Crippen LogP contribution in [0.2, 0.25) is 0 Å². The zero-order valence-electron chi connectivity index (χ0n) is 14.3. The van der Waals surface area contributed by atoms with Gasteiger partial charge in [0.05, 0.1) is 0 Å². The van der Waals surface area contributed by atoms with Gasteiger partial charge in [0, 0.05) is 24.2 Å². The van der Waals surface area contributed by atoms with E-state index in [1.54, 1.807) is 0 Å². The first-order valence-electron chi connectivity index (χ1n) is 8.69. The SMILES string of the molecule is CC(C)N1CCC(N(C)C2CCN(C(C)C)CC2)CC1. The number of nitrogens with zero attached hydrogens (tertiary/aromatic N) is 3. The fraction of sp³-hybridized carbons (Fsp3) is 1.00. The minimum atomic E-state index is 0.718. The van der Waals surface area contributed by atoms with E-state index in [0.29, 0.717) is 0 Å². The van der Waals surface area contributed by atoms with Gasteiger partial charge in [-0.1, -0.05) is 0 Å². The predicted octanol–water partition coefficient (Wildman–Crippen LogP) is 2.66. The Morgan fingerprint density at radius 1 is 0.700 bits per heavy atom. The Kier molecular flexibility index (Phi) is 5.88. The second-order valence-corrected chi connectivity index (χ2v) is 7.39. The third-order valence-corrected chi connectivity index (χ3v) is 5.61. The van der Waals surface area contributed by atoms with Crippen molar-refractivity contribution in [2.75, 3.05) is 33.2 Å². The van der Waals surface area contributed by atoms with Crippen LogP contribution in [0.25, 0.3) is 0 Å². The topological polar surface area (TPSA) is 9.72 Å². The van der Waals surface area contributed by atoms with E-state index in [-0.39, 0.29) is 0 Å². The van der Waals surface area contributed by atoms with Crippen molar-refractivity contribution in [1.82, 2.24) is 14.7 Å². The monoisotopic (exact) mass is 281 g/mol. The summed E-state index contributed by atoms with van der Waals surface area (Å²) in [6.45, 7) is 14.5. The first kappa shape index (κ1) is 16.3. The highest BCUT2D eigenvalue weighted by atomic mass is 15.2. The number of piperidine rings is 2. The van der Waals surface area contributed by atoms with Crippen LogP contribution in [-0.2, 0) is 0 Å². The van der Waals surface area contributed by atoms with Gasteiger partial charge in [0.15, 0.2) is 0 Å². The summed E-state index contributed by atoms with van der Waals surface area (Å²) in [7, 11) is 2.38. The van der Waals surface area contributed by atoms with Crippen molar-refractivity contribution < 1.29 is 0 Å². The van der Waals surface area contributed by atoms with Crippen LogP contribution in [0.15, 0.2) is 0 Å². The molecule has 0 radical (unpaired) electrons. The molecule has 0 spiro atoms. The molecule has 2 rings (SSSR count). The lowest BCUT2D eigenvalue weighted by Gasteiger charge is -2.44. The lowest BCUT2D eigenvalue weighted by atomic mass is 9.96. The molecule has 0 bridgehead atoms. The van der Waals surface area contributed by atoms with Crippen LogP contribution in [0.5, 0.6) is 0 Å². The fourth-order valence-electron chi connectivity index (χ4n) is 3.92. The summed E-state index contributed by atoms with van der Waals surface area (Å²) >= 11 is 0. The minimum absolute atomic E-state index is 0.718. The van der Waals surface area contributed by atoms with Crippen molar-refractivity contribution >= 4 is 0 Å². The molecule has 0 aromatic heterocycles. The fourth-order valence-corrected chi connectivity index (χ4v) is 3.92. The zero-order valence-corrected chi connectivity index (χ0v) is 14.3. The van der Waals surface area contributed by atoms with E-state index < -0.39 is 0 Å². The first-order valence-corrected chi connectivity index (χ1v) is 8.69. The summed E-state index contributed by atoms with van der Waals surface area (Å²) in [6.07, 6.45) is 5.44. The van der Waals surface area contributed by atoms with E-state index in [2.05, 4.69) is 49.4 Å². The van der Waals surface area contributed by atoms with Gasteiger partial charge in [-0.2, -0.15) is 0 Å². The highest BCUT2D eigenvalue weighted by Gasteiger charge is 2.30. The van der Waals surface area contributed by atoms with Crippen molar-refractivity contribution in [3.05, 3.63) is 0 Å². The third-order valence-electron chi connectivity index (χ3n) is 5.61. The van der Waals surface area contributed by atoms with E-state index >= 15 is 0 Å². The average molecular weight is 281 g/mol. The molecule has 118 valence electrons. The van der Waals surface area contributed by atoms with E-state index in [0.717, 1.165) is 24.2 Å². The Hall–Kier alpha value is -0.120. The van der Waals surface area contributed by atoms with Crippen molar-refractivity contribution in [2.24, 2.45) is 0 Å². The van der Waals surface area contributed by atoms with Crippen LogP contribution in [0.1, 0.15) is 53.4 Å². The lowest BCUT2D eigenvalue weighted by molar-refractivity contribution is 0.0474. The molecule has 0 unspecified atom stereocenters. The van der Waals surface area contributed by atoms with E-state index in [9.17, 15) is 0 Å². The second kappa shape index (κ2) is 7.24. The lowest BCUT2D eigenvalue weighted by Crippen LogP contribution is -2.52. The molecule has 2 heterocycles. The summed E-state index contributed by atoms with van der Waals surface area (Å²) < 4.78 is 0. The van der Waals surface area contributed by atoms with Gasteiger partial charge in [-0.3, -0.25) is 0 Å². The normalized spacial score (nSPS) is 25.2. The predicted molar refractivity (Wildman–Crippen MR) is 87.2 cm³/mol. The van der Waals surface area contributed by atoms with E-state index in [1.165, 1.54) is 51.9 Å². The maximum atomic E-state index is 2.72. The summed E-state index contributed by atoms with van der Waals surface area (Å²) in [6, 6.07) is 3.08. The highest BCUT2D eigenvalue weighted by Crippen LogP contribution is 2.24. The molecular weight excluding hydrogens is 246 g/mol. The maximum Gasteiger partial charge on any atom is 0.0119 e. The van der Waals surface area contributed by atoms with Crippen LogP contribution >= 0.6 is 0 Å². The Bertz CT molecular complexity index is 246. The molecule has 2 saturated heterocycles. The number of likely N-dealkylation sites (tertiary alicyclic amines) is 2. The van der Waals surface area contributed by atoms with Gasteiger partial charge in [0.2, 0.25) is 0 Å². The molecule has 20 heavy (non-hydrogen) atoms. The Balaban J connectivity index is 1.77. The minimum Gasteiger partial charge on any atom is -0.301 e. The molecule has 3 nitrogen and oxygen atoms in total. The van der Waals surface area contributed by atoms with Gasteiger partial charge < -0.3 is 14.7 Å². The quantitative estimate of drug-likeness (QED) is 0.784. The number of hydrogen-bond donors (Lipinski definition) is 0. The molecule has 2 aliphatic heterocycles. The largest absolute Gasteiger partial charge is 0.301 e. The first-order chi connectivity index (χ1) is 9.49. The molecule has 0 aromatic rings. The Labute approximate surface area is 126 Å². The van der Waals surface area contributed by atoms with Gasteiger partial charge in [-0.15, -0.1) is 0 Å². The molecule has 0 aromatic carbocycles. The molecule has 0 amide bonds. The molecule has 0 N–H and O–H groups in total. The summed E-state index contributed by atoms with van der Waals surface area (Å²) in [5.74, 6) is 0. The van der Waals surface area contributed by atoms with Crippen molar-refractivity contribution in [2.45, 2.75) is 77.5 Å². The van der Waals surface area contributed by atoms with Crippen LogP contribution < -0.4 is 0 Å². The van der Waals surface area contributed by atoms with Crippen molar-refractivity contribution in [3.63, 3.8) is 0 Å². The second-order valence-electron chi connectivity index (χ2n) is 7.39. The van der Waals surface area contributed by atoms with E-state index in [1.807, 2.05) is 0 Å². The summed E-state index contributed by atoms with van der Waals surface area (Å²) in [5.41, 5.74) is 0. The Morgan fingerprint density at radius 3 is 1.25 bits per heavy atom. The van der Waals surface area contributed by atoms with Crippen LogP contribution in [-0.4, -0.2) is 72.1 Å². The molecule has 3 heteroatoms. The zero-order chi connectivity index (χ0) is 14.7. The average Bonchev–Trinajstić information content (AvgIpc) is 2.46. The standard InChI is InChI=1S/C17H35N3/c1-14(2)19-10-6-16(7-11-19)18(5)17-8-12-20(13-9-17)15(3)4/h14-17H,6-13H2,1-5H3. The maximum absolute atomic E-state index is 2.72. The van der Waals surface area contributed by atoms with Gasteiger partial charge in [0.25, 0.3) is 0 Å². The van der Waals surface area contributed by atoms with Gasteiger partial charge in [-0.25, -0.2) is 0 Å². The molecule has 2 aliphatic rings. The molecule has 0 aliphatic carbocycles. The summed E-state index contributed by atoms with van der Waals surface area (Å²) in [4.78, 5) is 7.98. The smallest absolute Gasteiger partial charge is 0.0119 e. The van der Waals surface area contributed by atoms with Gasteiger partial charge in [-0.05, 0) is 86.6 Å². The highest BCUT2D eigenvalue weighted by molar-refractivity contribution is 4.86. The number of hydrogen-bond acceptors (Lipinski definition) is 3. The van der Waals surface area contributed by atoms with Crippen LogP contribution in [0.3, 0.4) is 0 Å². The molecule has 0 atom stereocenters. The Morgan fingerprint density at radius 2 is 1.00 bits per heavy atom. The van der Waals surface area contributed by atoms with E-state index in [4.69, 9.17) is 0 Å². The van der Waals surface area contributed by atoms with Crippen LogP contribution in [0.4, 0.5) is 0 Å². The molecule has 2 fully saturated rings. The van der Waals surface area contributed by atoms with Crippen molar-refractivity contribution in [3.8, 4) is 0 Å². The number of rotatable bonds is 4. The van der Waals surface area contributed by atoms with Gasteiger partial charge >= 0.3 is 0 Å². The molecule has 0 saturated carbocycles. The van der Waals surface area contributed by atoms with Gasteiger partial charge in [0.1, 0.15) is 0 Å². The summed E-state index contributed by atoms with van der Waals surface area (Å²) in [5, 5.41) is 0. The van der Waals surface area contributed by atoms with Crippen molar-refractivity contribution in [1.29, 1.82) is 0 Å². The third kappa shape index (κ3) is 3.96. The molecular formula is C17H35N3. The van der Waals surface area contributed by atoms with Crippen LogP contribution in [0, 0.1) is 0 Å².